The Kier molecular flexibility index (Phi) is 5.73. The van der Waals surface area contributed by atoms with Crippen LogP contribution in [0.2, 0.25) is 0 Å². The number of rotatable bonds is 5. The lowest BCUT2D eigenvalue weighted by Crippen LogP contribution is -2.31. The highest BCUT2D eigenvalue weighted by Gasteiger charge is 2.22. The molecule has 0 saturated carbocycles. The second-order valence-electron chi connectivity index (χ2n) is 7.06. The topological polar surface area (TPSA) is 98.5 Å². The zero-order valence-electron chi connectivity index (χ0n) is 15.3. The fraction of sp³-hybridized carbons (Fsp3) is 0.316. The van der Waals surface area contributed by atoms with Crippen LogP contribution < -0.4 is 15.2 Å². The molecule has 0 saturated heterocycles. The van der Waals surface area contributed by atoms with E-state index in [-0.39, 0.29) is 16.2 Å². The number of anilines is 1. The van der Waals surface area contributed by atoms with E-state index in [1.165, 1.54) is 24.3 Å². The van der Waals surface area contributed by atoms with Gasteiger partial charge in [-0.1, -0.05) is 39.0 Å². The van der Waals surface area contributed by atoms with Gasteiger partial charge in [-0.2, -0.15) is 0 Å². The second kappa shape index (κ2) is 7.47. The number of para-hydroxylation sites is 1. The van der Waals surface area contributed by atoms with Crippen LogP contribution in [-0.2, 0) is 20.2 Å². The Bertz CT molecular complexity index is 885. The Labute approximate surface area is 154 Å². The van der Waals surface area contributed by atoms with Gasteiger partial charge in [-0.25, -0.2) is 13.6 Å². The molecule has 3 N–H and O–H groups in total. The van der Waals surface area contributed by atoms with E-state index in [9.17, 15) is 13.2 Å². The van der Waals surface area contributed by atoms with Crippen molar-refractivity contribution in [1.29, 1.82) is 0 Å². The Morgan fingerprint density at radius 3 is 2.19 bits per heavy atom. The van der Waals surface area contributed by atoms with Gasteiger partial charge < -0.3 is 10.1 Å². The number of hydrogen-bond acceptors (Lipinski definition) is 4. The van der Waals surface area contributed by atoms with E-state index in [2.05, 4.69) is 26.1 Å². The molecule has 0 heterocycles. The standard InChI is InChI=1S/C19H24N2O4S/c1-13(25-17-8-6-5-7-16(17)19(2,3)4)18(22)21-14-9-11-15(12-10-14)26(20,23)24/h5-13H,1-4H3,(H,21,22)(H2,20,23,24). The maximum Gasteiger partial charge on any atom is 0.265 e. The number of nitrogens with one attached hydrogen (secondary N) is 1. The number of primary sulfonamides is 1. The number of nitrogens with two attached hydrogens (primary N) is 1. The van der Waals surface area contributed by atoms with E-state index in [1.54, 1.807) is 6.92 Å². The minimum Gasteiger partial charge on any atom is -0.481 e. The fourth-order valence-electron chi connectivity index (χ4n) is 2.40. The van der Waals surface area contributed by atoms with Crippen molar-refractivity contribution >= 4 is 21.6 Å². The summed E-state index contributed by atoms with van der Waals surface area (Å²) in [6, 6.07) is 13.3. The summed E-state index contributed by atoms with van der Waals surface area (Å²) in [4.78, 5) is 12.4. The largest absolute Gasteiger partial charge is 0.481 e. The summed E-state index contributed by atoms with van der Waals surface area (Å²) < 4.78 is 28.4. The van der Waals surface area contributed by atoms with Crippen molar-refractivity contribution in [1.82, 2.24) is 0 Å². The third-order valence-electron chi connectivity index (χ3n) is 3.82. The van der Waals surface area contributed by atoms with Crippen LogP contribution in [0.15, 0.2) is 53.4 Å². The van der Waals surface area contributed by atoms with Gasteiger partial charge in [0.2, 0.25) is 10.0 Å². The van der Waals surface area contributed by atoms with E-state index in [0.717, 1.165) is 5.56 Å². The van der Waals surface area contributed by atoms with Crippen molar-refractivity contribution in [3.8, 4) is 5.75 Å². The number of ether oxygens (including phenoxy) is 1. The lowest BCUT2D eigenvalue weighted by molar-refractivity contribution is -0.122. The van der Waals surface area contributed by atoms with Gasteiger partial charge in [-0.3, -0.25) is 4.79 Å². The van der Waals surface area contributed by atoms with Gasteiger partial charge in [0.1, 0.15) is 5.75 Å². The molecule has 140 valence electrons. The molecule has 2 aromatic rings. The van der Waals surface area contributed by atoms with Gasteiger partial charge in [-0.05, 0) is 48.2 Å². The van der Waals surface area contributed by atoms with Crippen LogP contribution in [0.1, 0.15) is 33.3 Å². The summed E-state index contributed by atoms with van der Waals surface area (Å²) in [5.41, 5.74) is 1.36. The minimum absolute atomic E-state index is 0.0149. The molecular formula is C19H24N2O4S. The van der Waals surface area contributed by atoms with E-state index in [0.29, 0.717) is 11.4 Å². The van der Waals surface area contributed by atoms with Crippen molar-refractivity contribution in [2.45, 2.75) is 44.1 Å². The van der Waals surface area contributed by atoms with Crippen LogP contribution in [0.5, 0.6) is 5.75 Å². The van der Waals surface area contributed by atoms with Gasteiger partial charge in [0.15, 0.2) is 6.10 Å². The molecule has 6 nitrogen and oxygen atoms in total. The SMILES string of the molecule is CC(Oc1ccccc1C(C)(C)C)C(=O)Nc1ccc(S(N)(=O)=O)cc1. The van der Waals surface area contributed by atoms with Gasteiger partial charge in [0.05, 0.1) is 4.90 Å². The van der Waals surface area contributed by atoms with E-state index in [4.69, 9.17) is 9.88 Å². The Hall–Kier alpha value is -2.38. The van der Waals surface area contributed by atoms with Crippen LogP contribution in [0.3, 0.4) is 0 Å². The predicted molar refractivity (Wildman–Crippen MR) is 102 cm³/mol. The summed E-state index contributed by atoms with van der Waals surface area (Å²) >= 11 is 0. The van der Waals surface area contributed by atoms with Gasteiger partial charge >= 0.3 is 0 Å². The number of benzene rings is 2. The molecule has 0 aliphatic carbocycles. The molecule has 2 aromatic carbocycles. The van der Waals surface area contributed by atoms with Gasteiger partial charge in [0.25, 0.3) is 5.91 Å². The molecule has 2 rings (SSSR count). The van der Waals surface area contributed by atoms with Crippen LogP contribution in [0.25, 0.3) is 0 Å². The molecule has 1 amide bonds. The molecule has 0 aliphatic rings. The number of carbonyl (C=O) groups is 1. The van der Waals surface area contributed by atoms with Crippen molar-refractivity contribution in [3.63, 3.8) is 0 Å². The monoisotopic (exact) mass is 376 g/mol. The van der Waals surface area contributed by atoms with Gasteiger partial charge in [0, 0.05) is 5.69 Å². The molecule has 1 unspecified atom stereocenters. The second-order valence-corrected chi connectivity index (χ2v) is 8.63. The lowest BCUT2D eigenvalue weighted by atomic mass is 9.86. The minimum atomic E-state index is -3.76. The zero-order chi connectivity index (χ0) is 19.5. The summed E-state index contributed by atoms with van der Waals surface area (Å²) in [5, 5.41) is 7.76. The molecule has 1 atom stereocenters. The average molecular weight is 376 g/mol. The van der Waals surface area contributed by atoms with E-state index >= 15 is 0 Å². The first kappa shape index (κ1) is 19.9. The number of hydrogen-bond donors (Lipinski definition) is 2. The maximum atomic E-state index is 12.4. The Balaban J connectivity index is 2.09. The first-order valence-electron chi connectivity index (χ1n) is 8.18. The Morgan fingerprint density at radius 1 is 1.08 bits per heavy atom. The predicted octanol–water partition coefficient (Wildman–Crippen LogP) is 3.04. The molecule has 7 heteroatoms. The zero-order valence-corrected chi connectivity index (χ0v) is 16.1. The molecule has 26 heavy (non-hydrogen) atoms. The van der Waals surface area contributed by atoms with Crippen LogP contribution >= 0.6 is 0 Å². The molecule has 0 fully saturated rings. The number of carbonyl (C=O) groups excluding carboxylic acids is 1. The Morgan fingerprint density at radius 2 is 1.65 bits per heavy atom. The average Bonchev–Trinajstić information content (AvgIpc) is 2.54. The molecule has 0 aliphatic heterocycles. The molecule has 0 aromatic heterocycles. The van der Waals surface area contributed by atoms with Crippen LogP contribution in [0, 0.1) is 0 Å². The van der Waals surface area contributed by atoms with Crippen LogP contribution in [-0.4, -0.2) is 20.4 Å². The van der Waals surface area contributed by atoms with Crippen molar-refractivity contribution in [2.24, 2.45) is 5.14 Å². The highest BCUT2D eigenvalue weighted by atomic mass is 32.2. The molecule has 0 spiro atoms. The third-order valence-corrected chi connectivity index (χ3v) is 4.75. The number of amides is 1. The quantitative estimate of drug-likeness (QED) is 0.838. The molecular weight excluding hydrogens is 352 g/mol. The van der Waals surface area contributed by atoms with Gasteiger partial charge in [-0.15, -0.1) is 0 Å². The highest BCUT2D eigenvalue weighted by Crippen LogP contribution is 2.31. The van der Waals surface area contributed by atoms with Crippen molar-refractivity contribution < 1.29 is 17.9 Å². The summed E-state index contributed by atoms with van der Waals surface area (Å²) in [6.45, 7) is 7.89. The van der Waals surface area contributed by atoms with Crippen molar-refractivity contribution in [3.05, 3.63) is 54.1 Å². The lowest BCUT2D eigenvalue weighted by Gasteiger charge is -2.24. The smallest absolute Gasteiger partial charge is 0.265 e. The fourth-order valence-corrected chi connectivity index (χ4v) is 2.92. The summed E-state index contributed by atoms with van der Waals surface area (Å²) in [6.07, 6.45) is -0.726. The molecule has 0 radical (unpaired) electrons. The molecule has 0 bridgehead atoms. The highest BCUT2D eigenvalue weighted by molar-refractivity contribution is 7.89. The normalized spacial score (nSPS) is 13.1. The first-order chi connectivity index (χ1) is 12.0. The van der Waals surface area contributed by atoms with Crippen molar-refractivity contribution in [2.75, 3.05) is 5.32 Å². The maximum absolute atomic E-state index is 12.4. The first-order valence-corrected chi connectivity index (χ1v) is 9.73. The summed E-state index contributed by atoms with van der Waals surface area (Å²) in [7, 11) is -3.76. The van der Waals surface area contributed by atoms with E-state index in [1.807, 2.05) is 24.3 Å². The third kappa shape index (κ3) is 5.06. The van der Waals surface area contributed by atoms with Crippen LogP contribution in [0.4, 0.5) is 5.69 Å². The summed E-state index contributed by atoms with van der Waals surface area (Å²) in [5.74, 6) is 0.323. The van der Waals surface area contributed by atoms with E-state index < -0.39 is 16.1 Å². The number of sulfonamides is 1.